The minimum atomic E-state index is -4.23. The molecule has 190 valence electrons. The van der Waals surface area contributed by atoms with Gasteiger partial charge in [-0.2, -0.15) is 0 Å². The molecule has 0 amide bonds. The third-order valence-electron chi connectivity index (χ3n) is 6.82. The van der Waals surface area contributed by atoms with E-state index >= 15 is 4.57 Å². The van der Waals surface area contributed by atoms with E-state index in [9.17, 15) is 9.59 Å². The van der Waals surface area contributed by atoms with Crippen molar-refractivity contribution in [3.8, 4) is 0 Å². The highest BCUT2D eigenvalue weighted by atomic mass is 31.2. The molecule has 3 rings (SSSR count). The topological polar surface area (TPSA) is 51.2 Å². The second-order valence-electron chi connectivity index (χ2n) is 11.5. The van der Waals surface area contributed by atoms with Gasteiger partial charge in [-0.1, -0.05) is 88.4 Å². The molecule has 0 saturated heterocycles. The molecular formula is C32H39O3P. The van der Waals surface area contributed by atoms with Crippen LogP contribution in [-0.2, 0) is 11.0 Å². The van der Waals surface area contributed by atoms with Gasteiger partial charge in [-0.25, -0.2) is 0 Å². The molecule has 1 atom stereocenters. The maximum absolute atomic E-state index is 15.2. The van der Waals surface area contributed by atoms with Crippen LogP contribution in [0, 0.1) is 39.0 Å². The number of carbonyl (C=O) groups is 2. The van der Waals surface area contributed by atoms with Crippen LogP contribution >= 0.6 is 7.14 Å². The highest BCUT2D eigenvalue weighted by Crippen LogP contribution is 2.53. The number of aryl methyl sites for hydroxylation is 4. The van der Waals surface area contributed by atoms with Gasteiger partial charge < -0.3 is 4.57 Å². The molecule has 0 fully saturated rings. The largest absolute Gasteiger partial charge is 0.302 e. The van der Waals surface area contributed by atoms with Gasteiger partial charge >= 0.3 is 0 Å². The van der Waals surface area contributed by atoms with Gasteiger partial charge in [0.2, 0.25) is 18.2 Å². The van der Waals surface area contributed by atoms with E-state index in [4.69, 9.17) is 0 Å². The lowest BCUT2D eigenvalue weighted by Gasteiger charge is -2.26. The predicted octanol–water partition coefficient (Wildman–Crippen LogP) is 8.20. The van der Waals surface area contributed by atoms with Gasteiger partial charge in [-0.3, -0.25) is 9.59 Å². The molecule has 4 heteroatoms. The Kier molecular flexibility index (Phi) is 8.26. The molecule has 0 bridgehead atoms. The number of hydrogen-bond acceptors (Lipinski definition) is 3. The number of rotatable bonds is 8. The summed E-state index contributed by atoms with van der Waals surface area (Å²) in [5.74, 6) is 0.296. The zero-order chi connectivity index (χ0) is 26.8. The molecule has 0 heterocycles. The van der Waals surface area contributed by atoms with Gasteiger partial charge in [0.25, 0.3) is 0 Å². The smallest absolute Gasteiger partial charge is 0.248 e. The minimum absolute atomic E-state index is 0.139. The predicted molar refractivity (Wildman–Crippen MR) is 151 cm³/mol. The van der Waals surface area contributed by atoms with Crippen LogP contribution in [0.5, 0.6) is 0 Å². The first-order valence-corrected chi connectivity index (χ1v) is 14.4. The van der Waals surface area contributed by atoms with E-state index in [-0.39, 0.29) is 5.41 Å². The van der Waals surface area contributed by atoms with Crippen LogP contribution < -0.4 is 5.30 Å². The van der Waals surface area contributed by atoms with Crippen molar-refractivity contribution in [2.75, 3.05) is 0 Å². The third kappa shape index (κ3) is 5.62. The molecule has 0 aliphatic carbocycles. The summed E-state index contributed by atoms with van der Waals surface area (Å²) >= 11 is 0. The van der Waals surface area contributed by atoms with E-state index in [0.29, 0.717) is 28.8 Å². The molecule has 3 aromatic carbocycles. The average molecular weight is 503 g/mol. The maximum atomic E-state index is 15.2. The van der Waals surface area contributed by atoms with Crippen LogP contribution in [0.1, 0.15) is 82.6 Å². The van der Waals surface area contributed by atoms with Gasteiger partial charge in [0.1, 0.15) is 0 Å². The standard InChI is InChI=1S/C32H39O3P/c1-21(20-32(6,7)8)19-26-17-9-10-18-27(26)36(35,30(33)28-22(2)13-11-14-23(28)3)31(34)29-24(4)15-12-16-25(29)5/h9-18,21H,19-20H2,1-8H3. The molecule has 3 aromatic rings. The molecule has 0 spiro atoms. The Hall–Kier alpha value is -2.77. The number of carbonyl (C=O) groups excluding carboxylic acids is 2. The first-order chi connectivity index (χ1) is 16.8. The quantitative estimate of drug-likeness (QED) is 0.292. The van der Waals surface area contributed by atoms with Gasteiger partial charge in [0.15, 0.2) is 0 Å². The van der Waals surface area contributed by atoms with Gasteiger partial charge in [-0.15, -0.1) is 0 Å². The molecule has 0 aliphatic heterocycles. The van der Waals surface area contributed by atoms with E-state index in [1.165, 1.54) is 0 Å². The van der Waals surface area contributed by atoms with Crippen LogP contribution in [0.15, 0.2) is 60.7 Å². The summed E-state index contributed by atoms with van der Waals surface area (Å²) in [6, 6.07) is 18.5. The number of hydrogen-bond donors (Lipinski definition) is 0. The van der Waals surface area contributed by atoms with Crippen LogP contribution in [0.4, 0.5) is 0 Å². The summed E-state index contributed by atoms with van der Waals surface area (Å²) in [6.07, 6.45) is 1.62. The van der Waals surface area contributed by atoms with Crippen molar-refractivity contribution in [2.45, 2.75) is 68.2 Å². The van der Waals surface area contributed by atoms with Crippen LogP contribution in [0.2, 0.25) is 0 Å². The Morgan fingerprint density at radius 1 is 0.722 bits per heavy atom. The average Bonchev–Trinajstić information content (AvgIpc) is 2.77. The van der Waals surface area contributed by atoms with E-state index < -0.39 is 18.2 Å². The van der Waals surface area contributed by atoms with Gasteiger partial charge in [0, 0.05) is 16.4 Å². The lowest BCUT2D eigenvalue weighted by atomic mass is 9.83. The molecule has 36 heavy (non-hydrogen) atoms. The lowest BCUT2D eigenvalue weighted by Crippen LogP contribution is -2.26. The van der Waals surface area contributed by atoms with E-state index in [1.54, 1.807) is 12.1 Å². The minimum Gasteiger partial charge on any atom is -0.302 e. The zero-order valence-electron chi connectivity index (χ0n) is 22.9. The van der Waals surface area contributed by atoms with Crippen molar-refractivity contribution in [1.82, 2.24) is 0 Å². The van der Waals surface area contributed by atoms with Crippen molar-refractivity contribution in [3.63, 3.8) is 0 Å². The lowest BCUT2D eigenvalue weighted by molar-refractivity contribution is 0.104. The molecule has 0 saturated carbocycles. The molecule has 0 N–H and O–H groups in total. The summed E-state index contributed by atoms with van der Waals surface area (Å²) in [4.78, 5) is 28.7. The van der Waals surface area contributed by atoms with Gasteiger partial charge in [0.05, 0.1) is 0 Å². The Morgan fingerprint density at radius 2 is 1.14 bits per heavy atom. The first-order valence-electron chi connectivity index (χ1n) is 12.7. The SMILES string of the molecule is Cc1cccc(C)c1C(=O)P(=O)(C(=O)c1c(C)cccc1C)c1ccccc1CC(C)CC(C)(C)C. The highest BCUT2D eigenvalue weighted by molar-refractivity contribution is 8.01. The Bertz CT molecular complexity index is 1240. The molecule has 1 unspecified atom stereocenters. The fourth-order valence-electron chi connectivity index (χ4n) is 5.41. The summed E-state index contributed by atoms with van der Waals surface area (Å²) < 4.78 is 15.2. The van der Waals surface area contributed by atoms with Gasteiger partial charge in [-0.05, 0) is 79.7 Å². The van der Waals surface area contributed by atoms with Crippen molar-refractivity contribution in [1.29, 1.82) is 0 Å². The molecule has 0 radical (unpaired) electrons. The monoisotopic (exact) mass is 502 g/mol. The summed E-state index contributed by atoms with van der Waals surface area (Å²) in [5, 5.41) is 0.381. The van der Waals surface area contributed by atoms with Crippen LogP contribution in [0.25, 0.3) is 0 Å². The number of benzene rings is 3. The first kappa shape index (κ1) is 27.8. The molecule has 0 aliphatic rings. The molecule has 0 aromatic heterocycles. The fourth-order valence-corrected chi connectivity index (χ4v) is 8.24. The summed E-state index contributed by atoms with van der Waals surface area (Å²) in [7, 11) is -4.23. The summed E-state index contributed by atoms with van der Waals surface area (Å²) in [6.45, 7) is 16.1. The van der Waals surface area contributed by atoms with Crippen LogP contribution in [-0.4, -0.2) is 11.0 Å². The fraction of sp³-hybridized carbons (Fsp3) is 0.375. The second-order valence-corrected chi connectivity index (χ2v) is 14.0. The van der Waals surface area contributed by atoms with E-state index in [1.807, 2.05) is 76.2 Å². The van der Waals surface area contributed by atoms with E-state index in [0.717, 1.165) is 34.2 Å². The third-order valence-corrected chi connectivity index (χ3v) is 9.53. The van der Waals surface area contributed by atoms with Crippen molar-refractivity contribution < 1.29 is 14.2 Å². The maximum Gasteiger partial charge on any atom is 0.248 e. The van der Waals surface area contributed by atoms with Crippen molar-refractivity contribution in [3.05, 3.63) is 99.6 Å². The second kappa shape index (κ2) is 10.7. The Labute approximate surface area is 216 Å². The molecular weight excluding hydrogens is 463 g/mol. The normalized spacial score (nSPS) is 12.9. The summed E-state index contributed by atoms with van der Waals surface area (Å²) in [5.41, 5.74) is 3.51. The van der Waals surface area contributed by atoms with E-state index in [2.05, 4.69) is 27.7 Å². The Balaban J connectivity index is 2.29. The highest BCUT2D eigenvalue weighted by Gasteiger charge is 2.45. The zero-order valence-corrected chi connectivity index (χ0v) is 23.8. The van der Waals surface area contributed by atoms with Crippen molar-refractivity contribution >= 4 is 23.5 Å². The van der Waals surface area contributed by atoms with Crippen LogP contribution in [0.3, 0.4) is 0 Å². The Morgan fingerprint density at radius 3 is 1.56 bits per heavy atom. The van der Waals surface area contributed by atoms with Crippen molar-refractivity contribution in [2.24, 2.45) is 11.3 Å². The molecule has 3 nitrogen and oxygen atoms in total.